The molecule has 308 valence electrons. The lowest BCUT2D eigenvalue weighted by atomic mass is 9.77. The van der Waals surface area contributed by atoms with E-state index >= 15 is 0 Å². The molecule has 0 radical (unpaired) electrons. The summed E-state index contributed by atoms with van der Waals surface area (Å²) < 4.78 is 0. The first-order valence-corrected chi connectivity index (χ1v) is 22.8. The maximum atomic E-state index is 2.43. The van der Waals surface area contributed by atoms with Crippen molar-refractivity contribution in [3.63, 3.8) is 0 Å². The van der Waals surface area contributed by atoms with E-state index in [4.69, 9.17) is 0 Å². The zero-order valence-electron chi connectivity index (χ0n) is 36.2. The fraction of sp³-hybridized carbons (Fsp3) is 0.148. The first-order valence-electron chi connectivity index (χ1n) is 22.8. The van der Waals surface area contributed by atoms with Crippen LogP contribution in [0.3, 0.4) is 0 Å². The fourth-order valence-electron chi connectivity index (χ4n) is 9.41. The summed E-state index contributed by atoms with van der Waals surface area (Å²) in [4.78, 5) is 4.78. The number of anilines is 5. The van der Waals surface area contributed by atoms with E-state index in [-0.39, 0.29) is 5.41 Å². The molecule has 1 atom stereocenters. The van der Waals surface area contributed by atoms with Crippen molar-refractivity contribution in [3.8, 4) is 22.3 Å². The molecule has 7 aromatic carbocycles. The van der Waals surface area contributed by atoms with Gasteiger partial charge in [-0.2, -0.15) is 0 Å². The lowest BCUT2D eigenvalue weighted by Gasteiger charge is -2.33. The Morgan fingerprint density at radius 3 is 1.37 bits per heavy atom. The molecule has 0 fully saturated rings. The molecule has 0 aromatic heterocycles. The maximum Gasteiger partial charge on any atom is 0.0462 e. The molecule has 0 saturated heterocycles. The van der Waals surface area contributed by atoms with E-state index < -0.39 is 0 Å². The highest BCUT2D eigenvalue weighted by atomic mass is 15.1. The average molecular weight is 815 g/mol. The number of allylic oxidation sites excluding steroid dienone is 9. The van der Waals surface area contributed by atoms with Gasteiger partial charge in [0.1, 0.15) is 0 Å². The number of rotatable bonds is 11. The van der Waals surface area contributed by atoms with Crippen molar-refractivity contribution in [2.45, 2.75) is 57.3 Å². The molecule has 7 aromatic rings. The summed E-state index contributed by atoms with van der Waals surface area (Å²) in [5.74, 6) is 0. The normalized spacial score (nSPS) is 17.1. The third-order valence-corrected chi connectivity index (χ3v) is 13.1. The quantitative estimate of drug-likeness (QED) is 0.128. The maximum absolute atomic E-state index is 2.43. The summed E-state index contributed by atoms with van der Waals surface area (Å²) in [6.45, 7) is 2.34. The Hall–Kier alpha value is -7.16. The third-order valence-electron chi connectivity index (χ3n) is 13.1. The van der Waals surface area contributed by atoms with Gasteiger partial charge in [-0.25, -0.2) is 0 Å². The molecule has 2 heteroatoms. The summed E-state index contributed by atoms with van der Waals surface area (Å²) in [7, 11) is 0. The van der Waals surface area contributed by atoms with Crippen molar-refractivity contribution in [1.82, 2.24) is 0 Å². The van der Waals surface area contributed by atoms with Gasteiger partial charge in [-0.15, -0.1) is 0 Å². The van der Waals surface area contributed by atoms with E-state index in [9.17, 15) is 0 Å². The second-order valence-electron chi connectivity index (χ2n) is 17.3. The van der Waals surface area contributed by atoms with Crippen molar-refractivity contribution in [3.05, 3.63) is 247 Å². The monoisotopic (exact) mass is 814 g/mol. The van der Waals surface area contributed by atoms with Crippen LogP contribution < -0.4 is 9.80 Å². The minimum absolute atomic E-state index is 0.0481. The molecule has 0 bridgehead atoms. The van der Waals surface area contributed by atoms with Gasteiger partial charge in [-0.3, -0.25) is 0 Å². The zero-order chi connectivity index (χ0) is 42.4. The van der Waals surface area contributed by atoms with Gasteiger partial charge in [-0.05, 0) is 162 Å². The Bertz CT molecular complexity index is 2810. The standard InChI is InChI=1S/C61H54N2/c1-61(54-20-12-5-13-21-54)44-42-60(43-45-61)63(58-36-26-51(27-37-58)48-18-10-4-11-19-48)59-40-30-53(31-41-59)52-28-38-57(39-29-52)62(55-32-22-49(23-33-55)46-14-6-2-7-15-46)56-34-24-50(25-35-56)47-16-8-3-9-17-47/h2,5-7,10,12-16,18-44H,3-4,8-9,11,17,45H2,1H3. The van der Waals surface area contributed by atoms with Gasteiger partial charge in [0.05, 0.1) is 0 Å². The van der Waals surface area contributed by atoms with Crippen LogP contribution in [0.2, 0.25) is 0 Å². The molecular formula is C61H54N2. The summed E-state index contributed by atoms with van der Waals surface area (Å²) in [5.41, 5.74) is 18.3. The van der Waals surface area contributed by atoms with Crippen LogP contribution in [-0.2, 0) is 5.41 Å². The van der Waals surface area contributed by atoms with Crippen LogP contribution in [0.4, 0.5) is 28.4 Å². The van der Waals surface area contributed by atoms with Crippen molar-refractivity contribution in [1.29, 1.82) is 0 Å². The molecule has 0 N–H and O–H groups in total. The SMILES string of the molecule is CC1(c2ccccc2)C=CC(N(c2ccc(C3=CCCC=C3)cc2)c2ccc(-c3ccc(N(c4ccc(C5=CCCCC5)cc4)c4ccc(-c5ccccc5)cc4)cc3)cc2)=CC1. The summed E-state index contributed by atoms with van der Waals surface area (Å²) in [6, 6.07) is 66.8. The number of hydrogen-bond donors (Lipinski definition) is 0. The highest BCUT2D eigenvalue weighted by Crippen LogP contribution is 2.41. The van der Waals surface area contributed by atoms with Crippen molar-refractivity contribution >= 4 is 39.6 Å². The first kappa shape index (κ1) is 39.9. The summed E-state index contributed by atoms with van der Waals surface area (Å²) >= 11 is 0. The first-order chi connectivity index (χ1) is 31.1. The molecule has 0 saturated carbocycles. The average Bonchev–Trinajstić information content (AvgIpc) is 3.37. The Morgan fingerprint density at radius 2 is 0.889 bits per heavy atom. The van der Waals surface area contributed by atoms with Crippen LogP contribution in [0.1, 0.15) is 68.6 Å². The Morgan fingerprint density at radius 1 is 0.397 bits per heavy atom. The van der Waals surface area contributed by atoms with Gasteiger partial charge in [0.2, 0.25) is 0 Å². The van der Waals surface area contributed by atoms with Gasteiger partial charge < -0.3 is 9.80 Å². The van der Waals surface area contributed by atoms with Crippen molar-refractivity contribution in [2.24, 2.45) is 0 Å². The molecule has 63 heavy (non-hydrogen) atoms. The Labute approximate surface area is 374 Å². The van der Waals surface area contributed by atoms with Gasteiger partial charge in [0.15, 0.2) is 0 Å². The fourth-order valence-corrected chi connectivity index (χ4v) is 9.41. The third kappa shape index (κ3) is 8.68. The van der Waals surface area contributed by atoms with E-state index in [1.807, 2.05) is 0 Å². The van der Waals surface area contributed by atoms with Crippen LogP contribution >= 0.6 is 0 Å². The van der Waals surface area contributed by atoms with E-state index in [0.717, 1.165) is 54.1 Å². The molecule has 0 aliphatic heterocycles. The minimum Gasteiger partial charge on any atom is -0.311 e. The predicted molar refractivity (Wildman–Crippen MR) is 269 cm³/mol. The van der Waals surface area contributed by atoms with Crippen LogP contribution in [0.5, 0.6) is 0 Å². The van der Waals surface area contributed by atoms with Gasteiger partial charge in [0, 0.05) is 39.5 Å². The molecular weight excluding hydrogens is 761 g/mol. The largest absolute Gasteiger partial charge is 0.311 e. The van der Waals surface area contributed by atoms with E-state index in [1.54, 1.807) is 0 Å². The van der Waals surface area contributed by atoms with E-state index in [2.05, 4.69) is 241 Å². The summed E-state index contributed by atoms with van der Waals surface area (Å²) in [5, 5.41) is 0. The highest BCUT2D eigenvalue weighted by Gasteiger charge is 2.27. The zero-order valence-corrected chi connectivity index (χ0v) is 36.2. The van der Waals surface area contributed by atoms with Crippen LogP contribution in [0.15, 0.2) is 230 Å². The molecule has 0 spiro atoms. The molecule has 1 unspecified atom stereocenters. The van der Waals surface area contributed by atoms with Crippen LogP contribution in [-0.4, -0.2) is 0 Å². The molecule has 10 rings (SSSR count). The predicted octanol–water partition coefficient (Wildman–Crippen LogP) is 17.1. The second kappa shape index (κ2) is 18.1. The topological polar surface area (TPSA) is 6.48 Å². The minimum atomic E-state index is -0.0481. The second-order valence-corrected chi connectivity index (χ2v) is 17.3. The lowest BCUT2D eigenvalue weighted by molar-refractivity contribution is 0.595. The van der Waals surface area contributed by atoms with E-state index in [0.29, 0.717) is 0 Å². The number of benzene rings is 7. The van der Waals surface area contributed by atoms with Crippen LogP contribution in [0, 0.1) is 0 Å². The van der Waals surface area contributed by atoms with Crippen molar-refractivity contribution in [2.75, 3.05) is 9.80 Å². The smallest absolute Gasteiger partial charge is 0.0462 e. The van der Waals surface area contributed by atoms with Gasteiger partial charge in [-0.1, -0.05) is 165 Å². The molecule has 2 nitrogen and oxygen atoms in total. The molecule has 0 amide bonds. The number of hydrogen-bond acceptors (Lipinski definition) is 2. The Balaban J connectivity index is 0.947. The number of nitrogens with zero attached hydrogens (tertiary/aromatic N) is 2. The molecule has 0 heterocycles. The Kier molecular flexibility index (Phi) is 11.4. The highest BCUT2D eigenvalue weighted by molar-refractivity contribution is 5.82. The molecule has 3 aliphatic rings. The van der Waals surface area contributed by atoms with Gasteiger partial charge >= 0.3 is 0 Å². The lowest BCUT2D eigenvalue weighted by Crippen LogP contribution is -2.24. The van der Waals surface area contributed by atoms with E-state index in [1.165, 1.54) is 75.0 Å². The molecule has 3 aliphatic carbocycles. The van der Waals surface area contributed by atoms with Crippen LogP contribution in [0.25, 0.3) is 33.4 Å². The van der Waals surface area contributed by atoms with Gasteiger partial charge in [0.25, 0.3) is 0 Å². The van der Waals surface area contributed by atoms with Crippen molar-refractivity contribution < 1.29 is 0 Å². The summed E-state index contributed by atoms with van der Waals surface area (Å²) in [6.07, 6.45) is 24.5.